The van der Waals surface area contributed by atoms with Crippen LogP contribution in [-0.2, 0) is 0 Å². The van der Waals surface area contributed by atoms with Gasteiger partial charge in [0.05, 0.1) is 27.8 Å². The van der Waals surface area contributed by atoms with E-state index in [2.05, 4.69) is 198 Å². The topological polar surface area (TPSA) is 34.5 Å². The maximum Gasteiger partial charge on any atom is 0.160 e. The van der Waals surface area contributed by atoms with Gasteiger partial charge in [0, 0.05) is 49.4 Å². The summed E-state index contributed by atoms with van der Waals surface area (Å²) in [5, 5.41) is 6.63. The van der Waals surface area contributed by atoms with Crippen LogP contribution in [0.3, 0.4) is 0 Å². The van der Waals surface area contributed by atoms with Gasteiger partial charge in [-0.3, -0.25) is 0 Å². The van der Waals surface area contributed by atoms with Crippen molar-refractivity contribution < 1.29 is 8.83 Å². The maximum atomic E-state index is 7.06. The van der Waals surface area contributed by atoms with Crippen LogP contribution in [0.5, 0.6) is 0 Å². The van der Waals surface area contributed by atoms with Crippen LogP contribution < -0.4 is 4.90 Å². The highest BCUT2D eigenvalue weighted by atomic mass is 16.3. The first-order chi connectivity index (χ1) is 28.8. The van der Waals surface area contributed by atoms with Crippen molar-refractivity contribution in [1.29, 1.82) is 0 Å². The van der Waals surface area contributed by atoms with E-state index in [-0.39, 0.29) is 0 Å². The molecule has 3 aromatic heterocycles. The van der Waals surface area contributed by atoms with E-state index in [1.165, 1.54) is 16.3 Å². The summed E-state index contributed by atoms with van der Waals surface area (Å²) in [4.78, 5) is 2.40. The minimum atomic E-state index is 0.815. The number of anilines is 3. The normalized spacial score (nSPS) is 11.8. The largest absolute Gasteiger partial charge is 0.456 e. The van der Waals surface area contributed by atoms with Crippen LogP contribution in [0.25, 0.3) is 93.6 Å². The van der Waals surface area contributed by atoms with Gasteiger partial charge in [0.1, 0.15) is 16.7 Å². The van der Waals surface area contributed by atoms with Crippen molar-refractivity contribution in [2.24, 2.45) is 0 Å². The molecule has 58 heavy (non-hydrogen) atoms. The number of fused-ring (bicyclic) bond motifs is 9. The molecule has 12 aromatic rings. The van der Waals surface area contributed by atoms with Gasteiger partial charge in [-0.1, -0.05) is 146 Å². The average Bonchev–Trinajstić information content (AvgIpc) is 3.98. The molecule has 0 unspecified atom stereocenters. The minimum absolute atomic E-state index is 0.815. The van der Waals surface area contributed by atoms with Gasteiger partial charge >= 0.3 is 0 Å². The van der Waals surface area contributed by atoms with Gasteiger partial charge in [0.25, 0.3) is 0 Å². The van der Waals surface area contributed by atoms with Crippen molar-refractivity contribution in [2.45, 2.75) is 0 Å². The maximum absolute atomic E-state index is 7.06. The number of furan rings is 2. The molecule has 4 nitrogen and oxygen atoms in total. The van der Waals surface area contributed by atoms with Crippen LogP contribution >= 0.6 is 0 Å². The first-order valence-electron chi connectivity index (χ1n) is 19.7. The average molecular weight is 743 g/mol. The zero-order chi connectivity index (χ0) is 38.2. The van der Waals surface area contributed by atoms with Gasteiger partial charge < -0.3 is 18.3 Å². The van der Waals surface area contributed by atoms with Gasteiger partial charge in [0.2, 0.25) is 0 Å². The summed E-state index contributed by atoms with van der Waals surface area (Å²) in [6.45, 7) is 0. The zero-order valence-corrected chi connectivity index (χ0v) is 31.3. The Hall–Kier alpha value is -7.82. The van der Waals surface area contributed by atoms with Crippen molar-refractivity contribution in [3.05, 3.63) is 206 Å². The molecule has 0 aliphatic carbocycles. The molecular weight excluding hydrogens is 709 g/mol. The number of rotatable bonds is 6. The Bertz CT molecular complexity index is 3500. The fourth-order valence-corrected chi connectivity index (χ4v) is 9.06. The van der Waals surface area contributed by atoms with E-state index in [0.29, 0.717) is 0 Å². The summed E-state index contributed by atoms with van der Waals surface area (Å²) in [6.07, 6.45) is 0. The first-order valence-corrected chi connectivity index (χ1v) is 19.7. The van der Waals surface area contributed by atoms with Gasteiger partial charge in [-0.25, -0.2) is 0 Å². The molecule has 4 heteroatoms. The van der Waals surface area contributed by atoms with Gasteiger partial charge in [0.15, 0.2) is 5.58 Å². The van der Waals surface area contributed by atoms with E-state index in [4.69, 9.17) is 8.83 Å². The number of hydrogen-bond acceptors (Lipinski definition) is 3. The predicted molar refractivity (Wildman–Crippen MR) is 241 cm³/mol. The molecule has 0 atom stereocenters. The van der Waals surface area contributed by atoms with E-state index in [1.807, 2.05) is 18.2 Å². The molecule has 0 saturated heterocycles. The molecule has 0 aliphatic rings. The van der Waals surface area contributed by atoms with E-state index in [0.717, 1.165) is 94.4 Å². The van der Waals surface area contributed by atoms with E-state index >= 15 is 0 Å². The quantitative estimate of drug-likeness (QED) is 0.170. The molecule has 0 aliphatic heterocycles. The Morgan fingerprint density at radius 3 is 1.81 bits per heavy atom. The summed E-state index contributed by atoms with van der Waals surface area (Å²) < 4.78 is 16.0. The second kappa shape index (κ2) is 12.9. The van der Waals surface area contributed by atoms with Gasteiger partial charge in [-0.2, -0.15) is 0 Å². The summed E-state index contributed by atoms with van der Waals surface area (Å²) in [6, 6.07) is 73.1. The second-order valence-corrected chi connectivity index (χ2v) is 14.8. The number of hydrogen-bond donors (Lipinski definition) is 0. The highest BCUT2D eigenvalue weighted by Crippen LogP contribution is 2.52. The molecule has 0 spiro atoms. The number of benzene rings is 9. The molecular formula is C54H34N2O2. The van der Waals surface area contributed by atoms with Crippen molar-refractivity contribution in [3.63, 3.8) is 0 Å². The standard InChI is InChI=1S/C54H34N2O2/c1-3-15-35(16-4-1)36-29-31-38(32-30-36)56(47-25-14-28-50-51(47)45-21-9-12-27-49(45)57-50)53-43(33-34-44-40-20-8-11-26-48(40)58-54(44)53)42-23-13-22-41-39-19-7-10-24-46(39)55(52(41)42)37-17-5-2-6-18-37/h1-34H. The Morgan fingerprint density at radius 2 is 1.00 bits per heavy atom. The molecule has 9 aromatic carbocycles. The fraction of sp³-hybridized carbons (Fsp3) is 0. The summed E-state index contributed by atoms with van der Waals surface area (Å²) in [5.74, 6) is 0. The molecule has 0 bridgehead atoms. The lowest BCUT2D eigenvalue weighted by molar-refractivity contribution is 0.668. The molecule has 0 saturated carbocycles. The van der Waals surface area contributed by atoms with Crippen LogP contribution in [0.2, 0.25) is 0 Å². The van der Waals surface area contributed by atoms with Crippen molar-refractivity contribution >= 4 is 82.7 Å². The molecule has 3 heterocycles. The van der Waals surface area contributed by atoms with Crippen molar-refractivity contribution in [2.75, 3.05) is 4.90 Å². The highest BCUT2D eigenvalue weighted by molar-refractivity contribution is 6.21. The third-order valence-corrected chi connectivity index (χ3v) is 11.6. The van der Waals surface area contributed by atoms with Crippen molar-refractivity contribution in [1.82, 2.24) is 4.57 Å². The Morgan fingerprint density at radius 1 is 0.379 bits per heavy atom. The van der Waals surface area contributed by atoms with Crippen molar-refractivity contribution in [3.8, 4) is 27.9 Å². The van der Waals surface area contributed by atoms with Crippen LogP contribution in [0.15, 0.2) is 215 Å². The van der Waals surface area contributed by atoms with E-state index in [9.17, 15) is 0 Å². The minimum Gasteiger partial charge on any atom is -0.456 e. The van der Waals surface area contributed by atoms with Gasteiger partial charge in [-0.15, -0.1) is 0 Å². The lowest BCUT2D eigenvalue weighted by atomic mass is 9.96. The second-order valence-electron chi connectivity index (χ2n) is 14.8. The van der Waals surface area contributed by atoms with E-state index < -0.39 is 0 Å². The number of nitrogens with zero attached hydrogens (tertiary/aromatic N) is 2. The van der Waals surface area contributed by atoms with Crippen LogP contribution in [0.4, 0.5) is 17.1 Å². The number of aromatic nitrogens is 1. The first kappa shape index (κ1) is 32.4. The Labute approximate surface area is 334 Å². The van der Waals surface area contributed by atoms with Crippen LogP contribution in [0, 0.1) is 0 Å². The molecule has 0 fully saturated rings. The summed E-state index contributed by atoms with van der Waals surface area (Å²) in [7, 11) is 0. The summed E-state index contributed by atoms with van der Waals surface area (Å²) >= 11 is 0. The number of para-hydroxylation sites is 5. The lowest BCUT2D eigenvalue weighted by Gasteiger charge is -2.29. The lowest BCUT2D eigenvalue weighted by Crippen LogP contribution is -2.12. The third-order valence-electron chi connectivity index (χ3n) is 11.6. The third kappa shape index (κ3) is 4.88. The zero-order valence-electron chi connectivity index (χ0n) is 31.3. The predicted octanol–water partition coefficient (Wildman–Crippen LogP) is 15.4. The Balaban J connectivity index is 1.24. The highest BCUT2D eigenvalue weighted by Gasteiger charge is 2.28. The van der Waals surface area contributed by atoms with Gasteiger partial charge in [-0.05, 0) is 71.8 Å². The molecule has 0 N–H and O–H groups in total. The van der Waals surface area contributed by atoms with Crippen LogP contribution in [0.1, 0.15) is 0 Å². The smallest absolute Gasteiger partial charge is 0.160 e. The fourth-order valence-electron chi connectivity index (χ4n) is 9.06. The molecule has 0 amide bonds. The SMILES string of the molecule is c1ccc(-c2ccc(N(c3c(-c4cccc5c6ccccc6n(-c6ccccc6)c45)ccc4c3oc3ccccc34)c3cccc4oc5ccccc5c34)cc2)cc1. The monoisotopic (exact) mass is 742 g/mol. The Kier molecular flexibility index (Phi) is 7.20. The summed E-state index contributed by atoms with van der Waals surface area (Å²) in [5.41, 5.74) is 14.2. The molecule has 12 rings (SSSR count). The van der Waals surface area contributed by atoms with E-state index in [1.54, 1.807) is 0 Å². The molecule has 272 valence electrons. The molecule has 0 radical (unpaired) electrons. The van der Waals surface area contributed by atoms with Crippen LogP contribution in [-0.4, -0.2) is 4.57 Å².